The van der Waals surface area contributed by atoms with Crippen molar-refractivity contribution in [2.45, 2.75) is 55.1 Å². The maximum atomic E-state index is 7.22. The second kappa shape index (κ2) is 17.0. The minimum absolute atomic E-state index is 0.104. The number of hydrogen-bond donors (Lipinski definition) is 5. The molecule has 1 atom stereocenters. The number of nitrogens with one attached hydrogen (secondary N) is 1. The third kappa shape index (κ3) is 7.66. The zero-order chi connectivity index (χ0) is 44.8. The van der Waals surface area contributed by atoms with E-state index in [-0.39, 0.29) is 53.5 Å². The van der Waals surface area contributed by atoms with Gasteiger partial charge in [-0.05, 0) is 60.8 Å². The van der Waals surface area contributed by atoms with Gasteiger partial charge < -0.3 is 51.3 Å². The van der Waals surface area contributed by atoms with Gasteiger partial charge in [0.05, 0.1) is 13.7 Å². The Hall–Kier alpha value is -6.68. The van der Waals surface area contributed by atoms with Crippen LogP contribution in [0.2, 0.25) is 0 Å². The standard InChI is InChI=1S/C51H53N9O5/c1-61-28-27-56-48-59-44(40-38(32-13-7-4-8-14-32)42(65-46(40)60-48)34-17-21-36(22-18-34)50(54)25-10-26-50)63-30-51(55,29-52)47-57-43(62-2)39-37(31-11-5-3-6-12-31)41(64-45(39)58-47)33-15-19-35(20-16-33)49(53)23-9-24-49/h3-8,11-22H,9-10,23-30,52-55H2,1-2H3,(H,56,59,60). The van der Waals surface area contributed by atoms with Gasteiger partial charge in [0.15, 0.2) is 5.82 Å². The molecule has 2 saturated carbocycles. The number of aromatic nitrogens is 4. The average molecular weight is 872 g/mol. The molecule has 332 valence electrons. The molecule has 8 aromatic rings. The first kappa shape index (κ1) is 42.3. The quantitative estimate of drug-likeness (QED) is 0.0576. The molecular weight excluding hydrogens is 819 g/mol. The van der Waals surface area contributed by atoms with Gasteiger partial charge >= 0.3 is 0 Å². The molecule has 1 unspecified atom stereocenters. The van der Waals surface area contributed by atoms with E-state index in [0.717, 1.165) is 83.0 Å². The summed E-state index contributed by atoms with van der Waals surface area (Å²) in [5.41, 5.74) is 32.9. The maximum Gasteiger partial charge on any atom is 0.236 e. The molecule has 14 nitrogen and oxygen atoms in total. The highest BCUT2D eigenvalue weighted by molar-refractivity contribution is 6.04. The van der Waals surface area contributed by atoms with Crippen LogP contribution < -0.4 is 37.7 Å². The lowest BCUT2D eigenvalue weighted by Crippen LogP contribution is -2.50. The zero-order valence-corrected chi connectivity index (χ0v) is 36.6. The van der Waals surface area contributed by atoms with Gasteiger partial charge in [-0.1, -0.05) is 109 Å². The van der Waals surface area contributed by atoms with Crippen molar-refractivity contribution in [3.05, 3.63) is 126 Å². The number of ether oxygens (including phenoxy) is 3. The predicted octanol–water partition coefficient (Wildman–Crippen LogP) is 8.36. The van der Waals surface area contributed by atoms with Crippen molar-refractivity contribution in [3.63, 3.8) is 0 Å². The Morgan fingerprint density at radius 2 is 1.14 bits per heavy atom. The molecule has 2 aliphatic carbocycles. The Bertz CT molecular complexity index is 2970. The number of nitrogens with two attached hydrogens (primary N) is 4. The van der Waals surface area contributed by atoms with E-state index in [1.165, 1.54) is 0 Å². The molecule has 2 aliphatic rings. The molecule has 0 aliphatic heterocycles. The molecule has 0 saturated heterocycles. The van der Waals surface area contributed by atoms with Crippen LogP contribution in [0.1, 0.15) is 55.5 Å². The van der Waals surface area contributed by atoms with E-state index in [9.17, 15) is 0 Å². The van der Waals surface area contributed by atoms with E-state index in [0.29, 0.717) is 41.2 Å². The van der Waals surface area contributed by atoms with Crippen molar-refractivity contribution in [3.8, 4) is 56.7 Å². The highest BCUT2D eigenvalue weighted by atomic mass is 16.5. The summed E-state index contributed by atoms with van der Waals surface area (Å²) in [6.07, 6.45) is 6.08. The van der Waals surface area contributed by atoms with E-state index in [1.54, 1.807) is 14.2 Å². The highest BCUT2D eigenvalue weighted by Gasteiger charge is 2.37. The Balaban J connectivity index is 1.06. The first-order valence-electron chi connectivity index (χ1n) is 22.1. The van der Waals surface area contributed by atoms with Crippen LogP contribution >= 0.6 is 0 Å². The fraction of sp³-hybridized carbons (Fsp3) is 0.294. The highest BCUT2D eigenvalue weighted by Crippen LogP contribution is 2.47. The SMILES string of the molecule is COCCNc1nc(OCC(N)(CN)c2nc(OC)c3c(-c4ccccc4)c(-c4ccc(C5(N)CCC5)cc4)oc3n2)c2c(-c3ccccc3)c(-c3ccc(C4(N)CCC4)cc3)oc2n1. The predicted molar refractivity (Wildman–Crippen MR) is 252 cm³/mol. The lowest BCUT2D eigenvalue weighted by molar-refractivity contribution is 0.208. The van der Waals surface area contributed by atoms with E-state index in [2.05, 4.69) is 29.6 Å². The van der Waals surface area contributed by atoms with Crippen LogP contribution in [0.3, 0.4) is 0 Å². The van der Waals surface area contributed by atoms with Gasteiger partial charge in [0.1, 0.15) is 34.4 Å². The van der Waals surface area contributed by atoms with E-state index < -0.39 is 5.54 Å². The van der Waals surface area contributed by atoms with Crippen molar-refractivity contribution in [1.82, 2.24) is 19.9 Å². The Labute approximate surface area is 376 Å². The minimum atomic E-state index is -1.46. The molecule has 0 bridgehead atoms. The number of rotatable bonds is 16. The second-order valence-corrected chi connectivity index (χ2v) is 17.4. The maximum absolute atomic E-state index is 7.22. The van der Waals surface area contributed by atoms with E-state index in [1.807, 2.05) is 84.9 Å². The molecular formula is C51H53N9O5. The molecule has 0 amide bonds. The zero-order valence-electron chi connectivity index (χ0n) is 36.6. The van der Waals surface area contributed by atoms with Crippen LogP contribution in [0.5, 0.6) is 11.8 Å². The molecule has 4 heterocycles. The molecule has 4 aromatic carbocycles. The van der Waals surface area contributed by atoms with Gasteiger partial charge in [-0.3, -0.25) is 0 Å². The van der Waals surface area contributed by atoms with Crippen LogP contribution in [0.25, 0.3) is 67.1 Å². The largest absolute Gasteiger partial charge is 0.480 e. The van der Waals surface area contributed by atoms with Gasteiger partial charge in [-0.25, -0.2) is 0 Å². The lowest BCUT2D eigenvalue weighted by atomic mass is 9.72. The Kier molecular flexibility index (Phi) is 11.1. The molecule has 0 radical (unpaired) electrons. The van der Waals surface area contributed by atoms with Gasteiger partial charge in [0.25, 0.3) is 0 Å². The first-order valence-corrected chi connectivity index (χ1v) is 22.1. The number of methoxy groups -OCH3 is 2. The molecule has 2 fully saturated rings. The van der Waals surface area contributed by atoms with Gasteiger partial charge in [-0.2, -0.15) is 19.9 Å². The molecule has 14 heteroatoms. The van der Waals surface area contributed by atoms with Gasteiger partial charge in [0, 0.05) is 53.5 Å². The average Bonchev–Trinajstić information content (AvgIpc) is 3.92. The number of nitrogens with zero attached hydrogens (tertiary/aromatic N) is 4. The van der Waals surface area contributed by atoms with Crippen LogP contribution in [-0.2, 0) is 21.4 Å². The van der Waals surface area contributed by atoms with Crippen LogP contribution in [0.4, 0.5) is 5.95 Å². The van der Waals surface area contributed by atoms with Crippen LogP contribution in [0, 0.1) is 0 Å². The number of fused-ring (bicyclic) bond motifs is 2. The van der Waals surface area contributed by atoms with Crippen molar-refractivity contribution in [2.75, 3.05) is 45.8 Å². The number of anilines is 1. The molecule has 65 heavy (non-hydrogen) atoms. The van der Waals surface area contributed by atoms with E-state index >= 15 is 0 Å². The van der Waals surface area contributed by atoms with Crippen molar-refractivity contribution >= 4 is 28.1 Å². The minimum Gasteiger partial charge on any atom is -0.480 e. The fourth-order valence-corrected chi connectivity index (χ4v) is 8.94. The summed E-state index contributed by atoms with van der Waals surface area (Å²) in [5.74, 6) is 2.16. The summed E-state index contributed by atoms with van der Waals surface area (Å²) < 4.78 is 31.4. The topological polar surface area (TPSA) is 222 Å². The van der Waals surface area contributed by atoms with Crippen molar-refractivity contribution in [2.24, 2.45) is 22.9 Å². The summed E-state index contributed by atoms with van der Waals surface area (Å²) in [6, 6.07) is 36.4. The smallest absolute Gasteiger partial charge is 0.236 e. The Morgan fingerprint density at radius 1 is 0.631 bits per heavy atom. The number of hydrogen-bond acceptors (Lipinski definition) is 14. The molecule has 10 rings (SSSR count). The number of benzene rings is 4. The monoisotopic (exact) mass is 871 g/mol. The second-order valence-electron chi connectivity index (χ2n) is 17.4. The van der Waals surface area contributed by atoms with E-state index in [4.69, 9.17) is 65.9 Å². The fourth-order valence-electron chi connectivity index (χ4n) is 8.94. The van der Waals surface area contributed by atoms with Crippen LogP contribution in [-0.4, -0.2) is 60.5 Å². The summed E-state index contributed by atoms with van der Waals surface area (Å²) in [4.78, 5) is 19.6. The lowest BCUT2D eigenvalue weighted by Gasteiger charge is -2.38. The first-order chi connectivity index (χ1) is 31.6. The van der Waals surface area contributed by atoms with Crippen molar-refractivity contribution in [1.29, 1.82) is 0 Å². The normalized spacial score (nSPS) is 16.2. The van der Waals surface area contributed by atoms with Gasteiger partial charge in [-0.15, -0.1) is 0 Å². The third-order valence-corrected chi connectivity index (χ3v) is 13.2. The summed E-state index contributed by atoms with van der Waals surface area (Å²) >= 11 is 0. The molecule has 4 aromatic heterocycles. The summed E-state index contributed by atoms with van der Waals surface area (Å²) in [7, 11) is 3.19. The summed E-state index contributed by atoms with van der Waals surface area (Å²) in [6.45, 7) is 0.568. The van der Waals surface area contributed by atoms with Crippen molar-refractivity contribution < 1.29 is 23.0 Å². The molecule has 9 N–H and O–H groups in total. The summed E-state index contributed by atoms with van der Waals surface area (Å²) in [5, 5.41) is 4.39. The van der Waals surface area contributed by atoms with Crippen LogP contribution in [0.15, 0.2) is 118 Å². The molecule has 0 spiro atoms. The van der Waals surface area contributed by atoms with Gasteiger partial charge in [0.2, 0.25) is 29.1 Å². The number of furan rings is 2. The third-order valence-electron chi connectivity index (χ3n) is 13.2. The Morgan fingerprint density at radius 3 is 1.60 bits per heavy atom.